The molecule has 0 aliphatic carbocycles. The summed E-state index contributed by atoms with van der Waals surface area (Å²) in [6.45, 7) is 7.49. The number of likely N-dealkylation sites (N-methyl/N-ethyl adjacent to an activating group) is 1. The van der Waals surface area contributed by atoms with Crippen LogP contribution < -0.4 is 4.90 Å². The zero-order chi connectivity index (χ0) is 12.8. The summed E-state index contributed by atoms with van der Waals surface area (Å²) in [5.74, 6) is 0. The number of rotatable bonds is 6. The van der Waals surface area contributed by atoms with E-state index in [1.807, 2.05) is 33.9 Å². The van der Waals surface area contributed by atoms with Crippen molar-refractivity contribution in [3.63, 3.8) is 0 Å². The number of hydrogen-bond acceptors (Lipinski definition) is 4. The van der Waals surface area contributed by atoms with Gasteiger partial charge in [-0.1, -0.05) is 0 Å². The first-order valence-electron chi connectivity index (χ1n) is 5.93. The van der Waals surface area contributed by atoms with E-state index in [2.05, 4.69) is 9.88 Å². The molecule has 1 rings (SSSR count). The number of anilines is 1. The van der Waals surface area contributed by atoms with Crippen LogP contribution in [0.1, 0.15) is 25.1 Å². The van der Waals surface area contributed by atoms with E-state index in [0.29, 0.717) is 6.61 Å². The zero-order valence-corrected chi connectivity index (χ0v) is 11.1. The highest BCUT2D eigenvalue weighted by Gasteiger charge is 2.08. The Kier molecular flexibility index (Phi) is 5.38. The highest BCUT2D eigenvalue weighted by molar-refractivity contribution is 5.52. The molecule has 0 atom stereocenters. The van der Waals surface area contributed by atoms with Crippen molar-refractivity contribution in [2.75, 3.05) is 25.1 Å². The number of aromatic nitrogens is 1. The molecule has 0 bridgehead atoms. The molecule has 96 valence electrons. The molecule has 0 aliphatic rings. The van der Waals surface area contributed by atoms with Gasteiger partial charge in [-0.05, 0) is 26.8 Å². The van der Waals surface area contributed by atoms with Gasteiger partial charge in [0, 0.05) is 36.7 Å². The molecule has 4 heteroatoms. The summed E-state index contributed by atoms with van der Waals surface area (Å²) in [4.78, 5) is 6.27. The standard InChI is InChI=1S/C13H22N2O2/c1-10(2)17-6-5-15(4)13-7-11(3)14-8-12(13)9-16/h7-8,10,16H,5-6,9H2,1-4H3. The van der Waals surface area contributed by atoms with Gasteiger partial charge in [0.15, 0.2) is 0 Å². The number of aliphatic hydroxyl groups excluding tert-OH is 1. The monoisotopic (exact) mass is 238 g/mol. The average Bonchev–Trinajstić information content (AvgIpc) is 2.28. The van der Waals surface area contributed by atoms with Gasteiger partial charge < -0.3 is 14.7 Å². The maximum absolute atomic E-state index is 9.27. The van der Waals surface area contributed by atoms with Gasteiger partial charge in [0.25, 0.3) is 0 Å². The smallest absolute Gasteiger partial charge is 0.0717 e. The van der Waals surface area contributed by atoms with Crippen LogP contribution in [0.3, 0.4) is 0 Å². The highest BCUT2D eigenvalue weighted by atomic mass is 16.5. The molecule has 4 nitrogen and oxygen atoms in total. The lowest BCUT2D eigenvalue weighted by molar-refractivity contribution is 0.0845. The maximum Gasteiger partial charge on any atom is 0.0717 e. The number of pyridine rings is 1. The van der Waals surface area contributed by atoms with Crippen molar-refractivity contribution < 1.29 is 9.84 Å². The van der Waals surface area contributed by atoms with Crippen molar-refractivity contribution in [3.8, 4) is 0 Å². The van der Waals surface area contributed by atoms with Crippen LogP contribution in [0.2, 0.25) is 0 Å². The molecule has 1 N–H and O–H groups in total. The molecular weight excluding hydrogens is 216 g/mol. The molecule has 0 unspecified atom stereocenters. The number of hydrogen-bond donors (Lipinski definition) is 1. The largest absolute Gasteiger partial charge is 0.392 e. The molecule has 0 aromatic carbocycles. The van der Waals surface area contributed by atoms with Gasteiger partial charge in [0.05, 0.1) is 19.3 Å². The quantitative estimate of drug-likeness (QED) is 0.820. The third-order valence-electron chi connectivity index (χ3n) is 2.56. The third-order valence-corrected chi connectivity index (χ3v) is 2.56. The molecule has 1 heterocycles. The lowest BCUT2D eigenvalue weighted by atomic mass is 10.2. The van der Waals surface area contributed by atoms with Crippen molar-refractivity contribution in [3.05, 3.63) is 23.5 Å². The summed E-state index contributed by atoms with van der Waals surface area (Å²) >= 11 is 0. The molecule has 1 aromatic rings. The fraction of sp³-hybridized carbons (Fsp3) is 0.615. The van der Waals surface area contributed by atoms with Crippen LogP contribution in [0.5, 0.6) is 0 Å². The number of ether oxygens (including phenoxy) is 1. The fourth-order valence-corrected chi connectivity index (χ4v) is 1.60. The van der Waals surface area contributed by atoms with Crippen LogP contribution in [0, 0.1) is 6.92 Å². The summed E-state index contributed by atoms with van der Waals surface area (Å²) in [5, 5.41) is 9.27. The molecule has 0 amide bonds. The first kappa shape index (κ1) is 13.9. The second kappa shape index (κ2) is 6.57. The minimum atomic E-state index is 0.0119. The Bertz CT molecular complexity index is 353. The normalized spacial score (nSPS) is 10.9. The van der Waals surface area contributed by atoms with Crippen molar-refractivity contribution >= 4 is 5.69 Å². The van der Waals surface area contributed by atoms with E-state index < -0.39 is 0 Å². The van der Waals surface area contributed by atoms with Crippen molar-refractivity contribution in [1.82, 2.24) is 4.98 Å². The predicted molar refractivity (Wildman–Crippen MR) is 69.3 cm³/mol. The highest BCUT2D eigenvalue weighted by Crippen LogP contribution is 2.19. The van der Waals surface area contributed by atoms with E-state index in [1.165, 1.54) is 0 Å². The van der Waals surface area contributed by atoms with E-state index in [-0.39, 0.29) is 12.7 Å². The number of aliphatic hydroxyl groups is 1. The minimum absolute atomic E-state index is 0.0119. The molecule has 0 saturated heterocycles. The first-order valence-corrected chi connectivity index (χ1v) is 5.93. The molecule has 1 aromatic heterocycles. The molecular formula is C13H22N2O2. The Labute approximate surface area is 103 Å². The molecule has 0 spiro atoms. The molecule has 0 radical (unpaired) electrons. The number of aryl methyl sites for hydroxylation is 1. The Hall–Kier alpha value is -1.13. The van der Waals surface area contributed by atoms with Crippen molar-refractivity contribution in [2.45, 2.75) is 33.5 Å². The molecule has 0 aliphatic heterocycles. The Morgan fingerprint density at radius 2 is 2.18 bits per heavy atom. The van der Waals surface area contributed by atoms with E-state index >= 15 is 0 Å². The van der Waals surface area contributed by atoms with Gasteiger partial charge in [-0.3, -0.25) is 4.98 Å². The van der Waals surface area contributed by atoms with Gasteiger partial charge in [-0.25, -0.2) is 0 Å². The first-order chi connectivity index (χ1) is 8.04. The van der Waals surface area contributed by atoms with Gasteiger partial charge in [0.2, 0.25) is 0 Å². The molecule has 0 fully saturated rings. The minimum Gasteiger partial charge on any atom is -0.392 e. The fourth-order valence-electron chi connectivity index (χ4n) is 1.60. The van der Waals surface area contributed by atoms with Crippen LogP contribution in [-0.4, -0.2) is 36.4 Å². The Morgan fingerprint density at radius 3 is 2.76 bits per heavy atom. The SMILES string of the molecule is Cc1cc(N(C)CCOC(C)C)c(CO)cn1. The van der Waals surface area contributed by atoms with Gasteiger partial charge in [0.1, 0.15) is 0 Å². The zero-order valence-electron chi connectivity index (χ0n) is 11.1. The van der Waals surface area contributed by atoms with Crippen molar-refractivity contribution in [1.29, 1.82) is 0 Å². The van der Waals surface area contributed by atoms with Crippen LogP contribution in [0.15, 0.2) is 12.3 Å². The summed E-state index contributed by atoms with van der Waals surface area (Å²) in [7, 11) is 2.00. The van der Waals surface area contributed by atoms with E-state index in [9.17, 15) is 5.11 Å². The second-order valence-electron chi connectivity index (χ2n) is 4.45. The topological polar surface area (TPSA) is 45.6 Å². The third kappa shape index (κ3) is 4.32. The summed E-state index contributed by atoms with van der Waals surface area (Å²) in [6, 6.07) is 1.99. The van der Waals surface area contributed by atoms with Crippen LogP contribution in [0.25, 0.3) is 0 Å². The average molecular weight is 238 g/mol. The molecule has 17 heavy (non-hydrogen) atoms. The molecule has 0 saturated carbocycles. The second-order valence-corrected chi connectivity index (χ2v) is 4.45. The lowest BCUT2D eigenvalue weighted by Gasteiger charge is -2.22. The van der Waals surface area contributed by atoms with Crippen LogP contribution in [-0.2, 0) is 11.3 Å². The maximum atomic E-state index is 9.27. The number of nitrogens with zero attached hydrogens (tertiary/aromatic N) is 2. The van der Waals surface area contributed by atoms with E-state index in [1.54, 1.807) is 6.20 Å². The Morgan fingerprint density at radius 1 is 1.47 bits per heavy atom. The predicted octanol–water partition coefficient (Wildman–Crippen LogP) is 1.74. The van der Waals surface area contributed by atoms with Crippen molar-refractivity contribution in [2.24, 2.45) is 0 Å². The van der Waals surface area contributed by atoms with Gasteiger partial charge in [-0.15, -0.1) is 0 Å². The van der Waals surface area contributed by atoms with Crippen LogP contribution in [0.4, 0.5) is 5.69 Å². The Balaban J connectivity index is 2.66. The lowest BCUT2D eigenvalue weighted by Crippen LogP contribution is -2.25. The summed E-state index contributed by atoms with van der Waals surface area (Å²) in [6.07, 6.45) is 1.98. The summed E-state index contributed by atoms with van der Waals surface area (Å²) < 4.78 is 5.52. The van der Waals surface area contributed by atoms with Gasteiger partial charge in [-0.2, -0.15) is 0 Å². The van der Waals surface area contributed by atoms with Gasteiger partial charge >= 0.3 is 0 Å². The van der Waals surface area contributed by atoms with Crippen LogP contribution >= 0.6 is 0 Å². The van der Waals surface area contributed by atoms with E-state index in [4.69, 9.17) is 4.74 Å². The summed E-state index contributed by atoms with van der Waals surface area (Å²) in [5.41, 5.74) is 2.82. The van der Waals surface area contributed by atoms with E-state index in [0.717, 1.165) is 23.5 Å².